The molecule has 0 unspecified atom stereocenters. The summed E-state index contributed by atoms with van der Waals surface area (Å²) in [6.45, 7) is 0.491. The second-order valence-corrected chi connectivity index (χ2v) is 3.42. The second kappa shape index (κ2) is 4.60. The quantitative estimate of drug-likeness (QED) is 0.635. The summed E-state index contributed by atoms with van der Waals surface area (Å²) in [5.74, 6) is 0.601. The van der Waals surface area contributed by atoms with E-state index in [2.05, 4.69) is 15.3 Å². The van der Waals surface area contributed by atoms with Crippen molar-refractivity contribution in [3.63, 3.8) is 0 Å². The molecular formula is C10H11N5O2. The SMILES string of the molecule is CNc1ncccc1Cn1cnc([N+](=O)[O-])c1. The van der Waals surface area contributed by atoms with Crippen molar-refractivity contribution in [2.45, 2.75) is 6.54 Å². The minimum atomic E-state index is -0.515. The molecule has 0 aliphatic carbocycles. The van der Waals surface area contributed by atoms with Crippen LogP contribution in [0, 0.1) is 10.1 Å². The molecular weight excluding hydrogens is 222 g/mol. The number of pyridine rings is 1. The lowest BCUT2D eigenvalue weighted by molar-refractivity contribution is -0.389. The average molecular weight is 233 g/mol. The summed E-state index contributed by atoms with van der Waals surface area (Å²) in [5, 5.41) is 13.5. The molecule has 17 heavy (non-hydrogen) atoms. The third-order valence-electron chi connectivity index (χ3n) is 2.29. The monoisotopic (exact) mass is 233 g/mol. The molecule has 0 bridgehead atoms. The number of hydrogen-bond donors (Lipinski definition) is 1. The van der Waals surface area contributed by atoms with Crippen LogP contribution in [0.5, 0.6) is 0 Å². The summed E-state index contributed by atoms with van der Waals surface area (Å²) in [7, 11) is 1.78. The van der Waals surface area contributed by atoms with E-state index < -0.39 is 4.92 Å². The molecule has 0 saturated heterocycles. The Hall–Kier alpha value is -2.44. The van der Waals surface area contributed by atoms with Crippen LogP contribution < -0.4 is 5.32 Å². The van der Waals surface area contributed by atoms with Gasteiger partial charge in [0.05, 0.1) is 6.54 Å². The van der Waals surface area contributed by atoms with E-state index >= 15 is 0 Å². The van der Waals surface area contributed by atoms with Crippen LogP contribution in [0.4, 0.5) is 11.6 Å². The van der Waals surface area contributed by atoms with Crippen LogP contribution in [0.2, 0.25) is 0 Å². The van der Waals surface area contributed by atoms with E-state index in [4.69, 9.17) is 0 Å². The van der Waals surface area contributed by atoms with Gasteiger partial charge in [0, 0.05) is 18.8 Å². The zero-order chi connectivity index (χ0) is 12.3. The maximum atomic E-state index is 10.5. The smallest absolute Gasteiger partial charge is 0.373 e. The highest BCUT2D eigenvalue weighted by molar-refractivity contribution is 5.43. The fraction of sp³-hybridized carbons (Fsp3) is 0.200. The first-order chi connectivity index (χ1) is 8.20. The highest BCUT2D eigenvalue weighted by Crippen LogP contribution is 2.14. The van der Waals surface area contributed by atoms with Crippen molar-refractivity contribution < 1.29 is 4.92 Å². The van der Waals surface area contributed by atoms with Crippen molar-refractivity contribution in [3.8, 4) is 0 Å². The molecule has 0 radical (unpaired) electrons. The Kier molecular flexibility index (Phi) is 2.99. The lowest BCUT2D eigenvalue weighted by Gasteiger charge is -2.06. The molecule has 0 aromatic carbocycles. The summed E-state index contributed by atoms with van der Waals surface area (Å²) in [4.78, 5) is 17.8. The van der Waals surface area contributed by atoms with Crippen LogP contribution in [-0.4, -0.2) is 26.5 Å². The van der Waals surface area contributed by atoms with Gasteiger partial charge in [0.2, 0.25) is 6.33 Å². The van der Waals surface area contributed by atoms with Gasteiger partial charge in [-0.25, -0.2) is 4.98 Å². The average Bonchev–Trinajstić information content (AvgIpc) is 2.78. The van der Waals surface area contributed by atoms with Gasteiger partial charge in [-0.15, -0.1) is 0 Å². The number of nitrogens with one attached hydrogen (secondary N) is 1. The first-order valence-corrected chi connectivity index (χ1v) is 4.98. The van der Waals surface area contributed by atoms with Crippen molar-refractivity contribution >= 4 is 11.6 Å². The van der Waals surface area contributed by atoms with Gasteiger partial charge in [-0.2, -0.15) is 0 Å². The van der Waals surface area contributed by atoms with Crippen molar-refractivity contribution in [2.75, 3.05) is 12.4 Å². The number of aromatic nitrogens is 3. The summed E-state index contributed by atoms with van der Waals surface area (Å²) < 4.78 is 1.65. The van der Waals surface area contributed by atoms with Crippen molar-refractivity contribution in [2.24, 2.45) is 0 Å². The maximum Gasteiger partial charge on any atom is 0.381 e. The zero-order valence-corrected chi connectivity index (χ0v) is 9.20. The summed E-state index contributed by atoms with van der Waals surface area (Å²) >= 11 is 0. The third-order valence-corrected chi connectivity index (χ3v) is 2.29. The Balaban J connectivity index is 2.22. The predicted octanol–water partition coefficient (Wildman–Crippen LogP) is 1.28. The molecule has 0 amide bonds. The number of imidazole rings is 1. The van der Waals surface area contributed by atoms with Crippen molar-refractivity contribution in [1.29, 1.82) is 0 Å². The summed E-state index contributed by atoms with van der Waals surface area (Å²) in [5.41, 5.74) is 0.947. The topological polar surface area (TPSA) is 85.9 Å². The van der Waals surface area contributed by atoms with Gasteiger partial charge >= 0.3 is 5.82 Å². The van der Waals surface area contributed by atoms with Crippen molar-refractivity contribution in [1.82, 2.24) is 14.5 Å². The summed E-state index contributed by atoms with van der Waals surface area (Å²) in [6, 6.07) is 3.73. The molecule has 2 heterocycles. The van der Waals surface area contributed by atoms with E-state index in [0.717, 1.165) is 11.4 Å². The molecule has 2 aromatic heterocycles. The number of rotatable bonds is 4. The van der Waals surface area contributed by atoms with Crippen LogP contribution in [0.15, 0.2) is 30.9 Å². The molecule has 0 atom stereocenters. The minimum Gasteiger partial charge on any atom is -0.373 e. The number of hydrogen-bond acceptors (Lipinski definition) is 5. The van der Waals surface area contributed by atoms with Crippen LogP contribution in [0.25, 0.3) is 0 Å². The van der Waals surface area contributed by atoms with E-state index in [1.54, 1.807) is 17.8 Å². The zero-order valence-electron chi connectivity index (χ0n) is 9.20. The molecule has 7 nitrogen and oxygen atoms in total. The fourth-order valence-electron chi connectivity index (χ4n) is 1.52. The van der Waals surface area contributed by atoms with Gasteiger partial charge in [-0.05, 0) is 16.0 Å². The van der Waals surface area contributed by atoms with Crippen LogP contribution in [0.1, 0.15) is 5.56 Å². The molecule has 2 rings (SSSR count). The van der Waals surface area contributed by atoms with E-state index in [0.29, 0.717) is 6.54 Å². The van der Waals surface area contributed by atoms with E-state index in [9.17, 15) is 10.1 Å². The molecule has 0 aliphatic rings. The molecule has 2 aromatic rings. The Labute approximate surface area is 97.3 Å². The van der Waals surface area contributed by atoms with E-state index in [1.807, 2.05) is 12.1 Å². The Morgan fingerprint density at radius 2 is 2.35 bits per heavy atom. The third kappa shape index (κ3) is 2.39. The molecule has 0 fully saturated rings. The normalized spacial score (nSPS) is 10.2. The minimum absolute atomic E-state index is 0.153. The lowest BCUT2D eigenvalue weighted by atomic mass is 10.2. The van der Waals surface area contributed by atoms with Crippen LogP contribution >= 0.6 is 0 Å². The van der Waals surface area contributed by atoms with Gasteiger partial charge in [-0.1, -0.05) is 6.07 Å². The first-order valence-electron chi connectivity index (χ1n) is 4.98. The molecule has 7 heteroatoms. The molecule has 88 valence electrons. The highest BCUT2D eigenvalue weighted by atomic mass is 16.6. The molecule has 1 N–H and O–H groups in total. The van der Waals surface area contributed by atoms with Gasteiger partial charge in [0.15, 0.2) is 0 Å². The van der Waals surface area contributed by atoms with Crippen LogP contribution in [0.3, 0.4) is 0 Å². The van der Waals surface area contributed by atoms with Gasteiger partial charge in [-0.3, -0.25) is 0 Å². The van der Waals surface area contributed by atoms with Crippen LogP contribution in [-0.2, 0) is 6.54 Å². The van der Waals surface area contributed by atoms with Gasteiger partial charge in [0.1, 0.15) is 12.0 Å². The predicted molar refractivity (Wildman–Crippen MR) is 61.8 cm³/mol. The Bertz CT molecular complexity index is 537. The Morgan fingerprint density at radius 3 is 3.00 bits per heavy atom. The second-order valence-electron chi connectivity index (χ2n) is 3.42. The van der Waals surface area contributed by atoms with E-state index in [1.165, 1.54) is 12.5 Å². The lowest BCUT2D eigenvalue weighted by Crippen LogP contribution is -2.02. The number of anilines is 1. The van der Waals surface area contributed by atoms with E-state index in [-0.39, 0.29) is 5.82 Å². The summed E-state index contributed by atoms with van der Waals surface area (Å²) in [6.07, 6.45) is 4.52. The number of nitro groups is 1. The largest absolute Gasteiger partial charge is 0.381 e. The van der Waals surface area contributed by atoms with Crippen molar-refractivity contribution in [3.05, 3.63) is 46.5 Å². The fourth-order valence-corrected chi connectivity index (χ4v) is 1.52. The highest BCUT2D eigenvalue weighted by Gasteiger charge is 2.10. The molecule has 0 spiro atoms. The first kappa shape index (κ1) is 11.1. The van der Waals surface area contributed by atoms with Gasteiger partial charge < -0.3 is 20.0 Å². The molecule has 0 aliphatic heterocycles. The Morgan fingerprint density at radius 1 is 1.53 bits per heavy atom. The number of nitrogens with zero attached hydrogens (tertiary/aromatic N) is 4. The standard InChI is InChI=1S/C10H11N5O2/c1-11-10-8(3-2-4-12-10)5-14-6-9(13-7-14)15(16)17/h2-4,6-7H,5H2,1H3,(H,11,12). The maximum absolute atomic E-state index is 10.5. The molecule has 0 saturated carbocycles. The van der Waals surface area contributed by atoms with Gasteiger partial charge in [0.25, 0.3) is 0 Å².